The van der Waals surface area contributed by atoms with Crippen LogP contribution in [0.3, 0.4) is 0 Å². The van der Waals surface area contributed by atoms with Crippen molar-refractivity contribution in [3.8, 4) is 11.5 Å². The van der Waals surface area contributed by atoms with Crippen LogP contribution in [0, 0.1) is 19.7 Å². The van der Waals surface area contributed by atoms with Crippen molar-refractivity contribution >= 4 is 27.5 Å². The Bertz CT molecular complexity index is 1160. The molecule has 1 heterocycles. The molecule has 0 aliphatic carbocycles. The summed E-state index contributed by atoms with van der Waals surface area (Å²) in [5.74, 6) is 0.340. The van der Waals surface area contributed by atoms with Gasteiger partial charge in [-0.1, -0.05) is 18.2 Å². The second kappa shape index (κ2) is 10.4. The standard InChI is InChI=1S/C23H24BrFN4O3/c1-14(26-27-22(30)12-29-16(3)23(24)15(2)28-29)17-9-10-20(21(11-17)31-4)32-13-18-7-5-6-8-19(18)25/h5-11H,12-13H2,1-4H3,(H,27,30)/b26-14+. The lowest BCUT2D eigenvalue weighted by atomic mass is 10.1. The average Bonchev–Trinajstić information content (AvgIpc) is 3.03. The Morgan fingerprint density at radius 3 is 2.62 bits per heavy atom. The second-order valence-corrected chi connectivity index (χ2v) is 7.91. The Morgan fingerprint density at radius 2 is 1.97 bits per heavy atom. The molecule has 0 atom stereocenters. The molecule has 0 bridgehead atoms. The summed E-state index contributed by atoms with van der Waals surface area (Å²) >= 11 is 3.45. The monoisotopic (exact) mass is 502 g/mol. The van der Waals surface area contributed by atoms with Crippen LogP contribution in [0.5, 0.6) is 11.5 Å². The number of methoxy groups -OCH3 is 1. The van der Waals surface area contributed by atoms with Crippen LogP contribution < -0.4 is 14.9 Å². The molecule has 7 nitrogen and oxygen atoms in total. The lowest BCUT2D eigenvalue weighted by Crippen LogP contribution is -2.25. The molecule has 1 N–H and O–H groups in total. The van der Waals surface area contributed by atoms with E-state index in [4.69, 9.17) is 9.47 Å². The Morgan fingerprint density at radius 1 is 1.22 bits per heavy atom. The number of nitrogens with one attached hydrogen (secondary N) is 1. The number of benzene rings is 2. The summed E-state index contributed by atoms with van der Waals surface area (Å²) in [6, 6.07) is 11.7. The van der Waals surface area contributed by atoms with E-state index in [0.717, 1.165) is 21.4 Å². The van der Waals surface area contributed by atoms with Crippen LogP contribution in [0.4, 0.5) is 4.39 Å². The third-order valence-electron chi connectivity index (χ3n) is 4.86. The zero-order valence-corrected chi connectivity index (χ0v) is 19.9. The van der Waals surface area contributed by atoms with Crippen LogP contribution in [-0.2, 0) is 17.9 Å². The Hall–Kier alpha value is -3.20. The maximum atomic E-state index is 13.8. The van der Waals surface area contributed by atoms with Crippen molar-refractivity contribution in [1.82, 2.24) is 15.2 Å². The number of carbonyl (C=O) groups is 1. The zero-order chi connectivity index (χ0) is 23.3. The topological polar surface area (TPSA) is 77.7 Å². The van der Waals surface area contributed by atoms with E-state index in [9.17, 15) is 9.18 Å². The number of rotatable bonds is 8. The van der Waals surface area contributed by atoms with Crippen LogP contribution >= 0.6 is 15.9 Å². The number of aryl methyl sites for hydroxylation is 1. The summed E-state index contributed by atoms with van der Waals surface area (Å²) in [6.45, 7) is 5.66. The number of amides is 1. The molecule has 0 fully saturated rings. The smallest absolute Gasteiger partial charge is 0.261 e. The van der Waals surface area contributed by atoms with Gasteiger partial charge >= 0.3 is 0 Å². The molecule has 3 rings (SSSR count). The van der Waals surface area contributed by atoms with Gasteiger partial charge in [0, 0.05) is 11.1 Å². The first-order valence-electron chi connectivity index (χ1n) is 9.87. The quantitative estimate of drug-likeness (QED) is 0.362. The van der Waals surface area contributed by atoms with Gasteiger partial charge in [0.05, 0.1) is 28.7 Å². The van der Waals surface area contributed by atoms with E-state index < -0.39 is 0 Å². The molecule has 0 saturated heterocycles. The number of hydrogen-bond acceptors (Lipinski definition) is 5. The predicted octanol–water partition coefficient (Wildman–Crippen LogP) is 4.53. The van der Waals surface area contributed by atoms with Crippen molar-refractivity contribution in [1.29, 1.82) is 0 Å². The maximum Gasteiger partial charge on any atom is 0.261 e. The van der Waals surface area contributed by atoms with Crippen molar-refractivity contribution in [2.45, 2.75) is 33.9 Å². The van der Waals surface area contributed by atoms with Crippen LogP contribution in [0.15, 0.2) is 52.0 Å². The van der Waals surface area contributed by atoms with Crippen LogP contribution in [0.25, 0.3) is 0 Å². The van der Waals surface area contributed by atoms with E-state index in [-0.39, 0.29) is 24.9 Å². The highest BCUT2D eigenvalue weighted by Crippen LogP contribution is 2.29. The molecule has 3 aromatic rings. The summed E-state index contributed by atoms with van der Waals surface area (Å²) in [5.41, 5.74) is 6.02. The van der Waals surface area contributed by atoms with Gasteiger partial charge in [0.15, 0.2) is 11.5 Å². The molecule has 168 valence electrons. The molecular formula is C23H24BrFN4O3. The fraction of sp³-hybridized carbons (Fsp3) is 0.261. The molecule has 0 radical (unpaired) electrons. The highest BCUT2D eigenvalue weighted by molar-refractivity contribution is 9.10. The van der Waals surface area contributed by atoms with Gasteiger partial charge in [0.25, 0.3) is 5.91 Å². The number of ether oxygens (including phenoxy) is 2. The molecule has 0 aliphatic rings. The Kier molecular flexibility index (Phi) is 7.63. The summed E-state index contributed by atoms with van der Waals surface area (Å²) < 4.78 is 27.4. The lowest BCUT2D eigenvalue weighted by Gasteiger charge is -2.13. The number of hydrogen-bond donors (Lipinski definition) is 1. The Labute approximate surface area is 194 Å². The van der Waals surface area contributed by atoms with Crippen molar-refractivity contribution in [3.05, 3.63) is 75.3 Å². The minimum Gasteiger partial charge on any atom is -0.493 e. The van der Waals surface area contributed by atoms with Crippen LogP contribution in [-0.4, -0.2) is 28.5 Å². The van der Waals surface area contributed by atoms with Gasteiger partial charge in [0.2, 0.25) is 0 Å². The van der Waals surface area contributed by atoms with Crippen molar-refractivity contribution in [2.24, 2.45) is 5.10 Å². The normalized spacial score (nSPS) is 11.4. The van der Waals surface area contributed by atoms with Crippen LogP contribution in [0.1, 0.15) is 29.4 Å². The number of aromatic nitrogens is 2. The largest absolute Gasteiger partial charge is 0.493 e. The SMILES string of the molecule is COc1cc(/C(C)=N/NC(=O)Cn2nc(C)c(Br)c2C)ccc1OCc1ccccc1F. The zero-order valence-electron chi connectivity index (χ0n) is 18.3. The molecule has 0 unspecified atom stereocenters. The van der Waals surface area contributed by atoms with Gasteiger partial charge in [-0.2, -0.15) is 10.2 Å². The summed E-state index contributed by atoms with van der Waals surface area (Å²) in [5, 5.41) is 8.50. The first-order chi connectivity index (χ1) is 15.3. The van der Waals surface area contributed by atoms with Gasteiger partial charge in [-0.25, -0.2) is 9.82 Å². The third-order valence-corrected chi connectivity index (χ3v) is 6.00. The maximum absolute atomic E-state index is 13.8. The molecular weight excluding hydrogens is 479 g/mol. The molecule has 0 saturated carbocycles. The molecule has 0 spiro atoms. The van der Waals surface area contributed by atoms with Crippen molar-refractivity contribution in [2.75, 3.05) is 7.11 Å². The van der Waals surface area contributed by atoms with E-state index in [0.29, 0.717) is 22.8 Å². The molecule has 2 aromatic carbocycles. The van der Waals surface area contributed by atoms with E-state index in [1.165, 1.54) is 13.2 Å². The summed E-state index contributed by atoms with van der Waals surface area (Å²) in [6.07, 6.45) is 0. The van der Waals surface area contributed by atoms with Gasteiger partial charge in [-0.3, -0.25) is 9.48 Å². The van der Waals surface area contributed by atoms with E-state index in [1.807, 2.05) is 13.8 Å². The lowest BCUT2D eigenvalue weighted by molar-refractivity contribution is -0.121. The molecule has 0 aliphatic heterocycles. The number of nitrogens with zero attached hydrogens (tertiary/aromatic N) is 3. The third kappa shape index (κ3) is 5.53. The number of hydrazone groups is 1. The van der Waals surface area contributed by atoms with Crippen molar-refractivity contribution < 1.29 is 18.7 Å². The molecule has 1 aromatic heterocycles. The predicted molar refractivity (Wildman–Crippen MR) is 123 cm³/mol. The van der Waals surface area contributed by atoms with E-state index >= 15 is 0 Å². The minimum absolute atomic E-state index is 0.0567. The van der Waals surface area contributed by atoms with Gasteiger partial charge in [-0.05, 0) is 61.0 Å². The Balaban J connectivity index is 1.66. The second-order valence-electron chi connectivity index (χ2n) is 7.12. The fourth-order valence-electron chi connectivity index (χ4n) is 2.99. The van der Waals surface area contributed by atoms with E-state index in [2.05, 4.69) is 31.6 Å². The minimum atomic E-state index is -0.324. The number of carbonyl (C=O) groups excluding carboxylic acids is 1. The fourth-order valence-corrected chi connectivity index (χ4v) is 3.28. The van der Waals surface area contributed by atoms with Crippen LogP contribution in [0.2, 0.25) is 0 Å². The molecule has 1 amide bonds. The molecule has 9 heteroatoms. The first kappa shape index (κ1) is 23.5. The first-order valence-corrected chi connectivity index (χ1v) is 10.7. The van der Waals surface area contributed by atoms with Gasteiger partial charge < -0.3 is 9.47 Å². The average molecular weight is 503 g/mol. The highest BCUT2D eigenvalue weighted by Gasteiger charge is 2.13. The van der Waals surface area contributed by atoms with Gasteiger partial charge in [0.1, 0.15) is 19.0 Å². The van der Waals surface area contributed by atoms with Gasteiger partial charge in [-0.15, -0.1) is 0 Å². The number of halogens is 2. The molecule has 32 heavy (non-hydrogen) atoms. The van der Waals surface area contributed by atoms with Crippen molar-refractivity contribution in [3.63, 3.8) is 0 Å². The summed E-state index contributed by atoms with van der Waals surface area (Å²) in [7, 11) is 1.52. The van der Waals surface area contributed by atoms with E-state index in [1.54, 1.807) is 48.0 Å². The highest BCUT2D eigenvalue weighted by atomic mass is 79.9. The summed E-state index contributed by atoms with van der Waals surface area (Å²) in [4.78, 5) is 12.3.